The average molecular weight is 289 g/mol. The fraction of sp³-hybridized carbons (Fsp3) is 0.333. The van der Waals surface area contributed by atoms with E-state index in [0.717, 1.165) is 23.4 Å². The largest absolute Gasteiger partial charge is 0.322 e. The average Bonchev–Trinajstić information content (AvgIpc) is 3.04. The Kier molecular flexibility index (Phi) is 3.49. The summed E-state index contributed by atoms with van der Waals surface area (Å²) in [5.41, 5.74) is 3.37. The van der Waals surface area contributed by atoms with E-state index >= 15 is 0 Å². The van der Waals surface area contributed by atoms with Gasteiger partial charge in [-0.2, -0.15) is 5.10 Å². The van der Waals surface area contributed by atoms with Crippen molar-refractivity contribution in [2.75, 3.05) is 0 Å². The molecular weight excluding hydrogens is 272 g/mol. The highest BCUT2D eigenvalue weighted by atomic mass is 35.5. The SMILES string of the molecule is Cc1ccc2nc(CCl)n(C(C)Cn3cccn3)c2c1. The molecule has 0 bridgehead atoms. The number of nitrogens with zero attached hydrogens (tertiary/aromatic N) is 4. The number of imidazole rings is 1. The van der Waals surface area contributed by atoms with E-state index in [1.165, 1.54) is 5.56 Å². The summed E-state index contributed by atoms with van der Waals surface area (Å²) in [5.74, 6) is 1.32. The maximum absolute atomic E-state index is 6.06. The Morgan fingerprint density at radius 2 is 2.20 bits per heavy atom. The van der Waals surface area contributed by atoms with Crippen LogP contribution in [-0.2, 0) is 12.4 Å². The number of alkyl halides is 1. The molecule has 0 spiro atoms. The number of rotatable bonds is 4. The molecule has 0 amide bonds. The molecule has 0 saturated heterocycles. The van der Waals surface area contributed by atoms with Gasteiger partial charge in [0.2, 0.25) is 0 Å². The van der Waals surface area contributed by atoms with E-state index in [1.54, 1.807) is 6.20 Å². The second-order valence-corrected chi connectivity index (χ2v) is 5.37. The molecule has 20 heavy (non-hydrogen) atoms. The Labute approximate surface area is 123 Å². The molecule has 0 fully saturated rings. The fourth-order valence-corrected chi connectivity index (χ4v) is 2.79. The smallest absolute Gasteiger partial charge is 0.125 e. The third kappa shape index (κ3) is 2.31. The highest BCUT2D eigenvalue weighted by Gasteiger charge is 2.16. The molecule has 0 aliphatic carbocycles. The van der Waals surface area contributed by atoms with Crippen molar-refractivity contribution in [2.45, 2.75) is 32.3 Å². The summed E-state index contributed by atoms with van der Waals surface area (Å²) in [6.07, 6.45) is 3.77. The Balaban J connectivity index is 2.06. The van der Waals surface area contributed by atoms with Crippen molar-refractivity contribution in [3.8, 4) is 0 Å². The monoisotopic (exact) mass is 288 g/mol. The van der Waals surface area contributed by atoms with Crippen molar-refractivity contribution in [3.05, 3.63) is 48.0 Å². The molecule has 0 aliphatic heterocycles. The predicted molar refractivity (Wildman–Crippen MR) is 81.0 cm³/mol. The molecule has 104 valence electrons. The molecule has 3 rings (SSSR count). The first-order valence-electron chi connectivity index (χ1n) is 6.70. The summed E-state index contributed by atoms with van der Waals surface area (Å²) in [6, 6.07) is 8.48. The highest BCUT2D eigenvalue weighted by molar-refractivity contribution is 6.16. The molecule has 2 heterocycles. The Morgan fingerprint density at radius 1 is 1.35 bits per heavy atom. The molecule has 0 N–H and O–H groups in total. The number of aromatic nitrogens is 4. The lowest BCUT2D eigenvalue weighted by molar-refractivity contribution is 0.438. The van der Waals surface area contributed by atoms with Crippen LogP contribution in [0.25, 0.3) is 11.0 Å². The quantitative estimate of drug-likeness (QED) is 0.688. The molecule has 0 radical (unpaired) electrons. The number of hydrogen-bond donors (Lipinski definition) is 0. The zero-order valence-corrected chi connectivity index (χ0v) is 12.4. The summed E-state index contributed by atoms with van der Waals surface area (Å²) in [7, 11) is 0. The van der Waals surface area contributed by atoms with Crippen LogP contribution in [0.3, 0.4) is 0 Å². The van der Waals surface area contributed by atoms with E-state index in [2.05, 4.69) is 46.7 Å². The Bertz CT molecular complexity index is 715. The number of fused-ring (bicyclic) bond motifs is 1. The molecule has 0 saturated carbocycles. The van der Waals surface area contributed by atoms with Crippen LogP contribution in [0.4, 0.5) is 0 Å². The van der Waals surface area contributed by atoms with Gasteiger partial charge in [-0.25, -0.2) is 4.98 Å². The molecule has 2 aromatic heterocycles. The summed E-state index contributed by atoms with van der Waals surface area (Å²) in [6.45, 7) is 5.06. The summed E-state index contributed by atoms with van der Waals surface area (Å²) < 4.78 is 4.15. The van der Waals surface area contributed by atoms with Gasteiger partial charge in [0.05, 0.1) is 29.5 Å². The van der Waals surface area contributed by atoms with Crippen LogP contribution in [0.5, 0.6) is 0 Å². The summed E-state index contributed by atoms with van der Waals surface area (Å²) in [4.78, 5) is 4.62. The van der Waals surface area contributed by atoms with Gasteiger partial charge in [-0.3, -0.25) is 4.68 Å². The molecule has 4 nitrogen and oxygen atoms in total. The number of aryl methyl sites for hydroxylation is 1. The maximum Gasteiger partial charge on any atom is 0.125 e. The van der Waals surface area contributed by atoms with Crippen LogP contribution in [0.15, 0.2) is 36.7 Å². The van der Waals surface area contributed by atoms with Crippen molar-refractivity contribution in [1.82, 2.24) is 19.3 Å². The van der Waals surface area contributed by atoms with E-state index in [9.17, 15) is 0 Å². The van der Waals surface area contributed by atoms with Gasteiger partial charge in [-0.15, -0.1) is 11.6 Å². The zero-order chi connectivity index (χ0) is 14.1. The van der Waals surface area contributed by atoms with Crippen LogP contribution in [0.1, 0.15) is 24.4 Å². The van der Waals surface area contributed by atoms with Crippen molar-refractivity contribution in [1.29, 1.82) is 0 Å². The second-order valence-electron chi connectivity index (χ2n) is 5.10. The summed E-state index contributed by atoms with van der Waals surface area (Å²) in [5, 5.41) is 4.27. The van der Waals surface area contributed by atoms with Gasteiger partial charge < -0.3 is 4.57 Å². The minimum Gasteiger partial charge on any atom is -0.322 e. The van der Waals surface area contributed by atoms with E-state index in [4.69, 9.17) is 11.6 Å². The van der Waals surface area contributed by atoms with Crippen molar-refractivity contribution < 1.29 is 0 Å². The predicted octanol–water partition coefficient (Wildman–Crippen LogP) is 3.54. The lowest BCUT2D eigenvalue weighted by Crippen LogP contribution is -2.15. The number of halogens is 1. The van der Waals surface area contributed by atoms with Gasteiger partial charge in [0, 0.05) is 12.4 Å². The van der Waals surface area contributed by atoms with E-state index < -0.39 is 0 Å². The lowest BCUT2D eigenvalue weighted by Gasteiger charge is -2.17. The molecule has 1 atom stereocenters. The minimum absolute atomic E-state index is 0.246. The van der Waals surface area contributed by atoms with Crippen LogP contribution < -0.4 is 0 Å². The zero-order valence-electron chi connectivity index (χ0n) is 11.6. The first kappa shape index (κ1) is 13.2. The molecule has 5 heteroatoms. The minimum atomic E-state index is 0.246. The molecule has 3 aromatic rings. The van der Waals surface area contributed by atoms with Crippen LogP contribution >= 0.6 is 11.6 Å². The number of hydrogen-bond acceptors (Lipinski definition) is 2. The van der Waals surface area contributed by atoms with E-state index in [1.807, 2.05) is 16.9 Å². The third-order valence-electron chi connectivity index (χ3n) is 3.49. The van der Waals surface area contributed by atoms with Gasteiger partial charge in [0.15, 0.2) is 0 Å². The molecule has 0 aliphatic rings. The number of benzene rings is 1. The van der Waals surface area contributed by atoms with Gasteiger partial charge in [0.1, 0.15) is 5.82 Å². The lowest BCUT2D eigenvalue weighted by atomic mass is 10.2. The first-order valence-corrected chi connectivity index (χ1v) is 7.23. The summed E-state index contributed by atoms with van der Waals surface area (Å²) >= 11 is 6.06. The van der Waals surface area contributed by atoms with Gasteiger partial charge in [0.25, 0.3) is 0 Å². The third-order valence-corrected chi connectivity index (χ3v) is 3.73. The van der Waals surface area contributed by atoms with Crippen molar-refractivity contribution >= 4 is 22.6 Å². The van der Waals surface area contributed by atoms with E-state index in [-0.39, 0.29) is 6.04 Å². The van der Waals surface area contributed by atoms with Crippen LogP contribution in [0, 0.1) is 6.92 Å². The van der Waals surface area contributed by atoms with Crippen molar-refractivity contribution in [2.24, 2.45) is 0 Å². The van der Waals surface area contributed by atoms with Gasteiger partial charge >= 0.3 is 0 Å². The topological polar surface area (TPSA) is 35.6 Å². The van der Waals surface area contributed by atoms with E-state index in [0.29, 0.717) is 5.88 Å². The highest BCUT2D eigenvalue weighted by Crippen LogP contribution is 2.24. The normalized spacial score (nSPS) is 12.9. The molecule has 1 aromatic carbocycles. The van der Waals surface area contributed by atoms with Crippen molar-refractivity contribution in [3.63, 3.8) is 0 Å². The van der Waals surface area contributed by atoms with Gasteiger partial charge in [-0.05, 0) is 37.6 Å². The second kappa shape index (κ2) is 5.29. The molecular formula is C15H17ClN4. The molecule has 1 unspecified atom stereocenters. The Hall–Kier alpha value is -1.81. The van der Waals surface area contributed by atoms with Crippen LogP contribution in [-0.4, -0.2) is 19.3 Å². The fourth-order valence-electron chi connectivity index (χ4n) is 2.60. The standard InChI is InChI=1S/C15H17ClN4/c1-11-4-5-13-14(8-11)20(15(9-16)18-13)12(2)10-19-7-3-6-17-19/h3-8,12H,9-10H2,1-2H3. The van der Waals surface area contributed by atoms with Gasteiger partial charge in [-0.1, -0.05) is 6.07 Å². The Morgan fingerprint density at radius 3 is 2.90 bits per heavy atom. The van der Waals surface area contributed by atoms with Crippen LogP contribution in [0.2, 0.25) is 0 Å². The maximum atomic E-state index is 6.06. The first-order chi connectivity index (χ1) is 9.69.